The Morgan fingerprint density at radius 2 is 2.17 bits per heavy atom. The second kappa shape index (κ2) is 6.67. The SMILES string of the molecule is CCCC1CCC(c2nc(C(=O)CCl)cs2)CC1. The van der Waals surface area contributed by atoms with Gasteiger partial charge in [-0.25, -0.2) is 4.98 Å². The summed E-state index contributed by atoms with van der Waals surface area (Å²) in [4.78, 5) is 15.9. The molecule has 0 radical (unpaired) electrons. The largest absolute Gasteiger partial charge is 0.291 e. The minimum atomic E-state index is -0.0566. The molecule has 1 heterocycles. The van der Waals surface area contributed by atoms with Crippen molar-refractivity contribution in [2.75, 3.05) is 5.88 Å². The Morgan fingerprint density at radius 1 is 1.44 bits per heavy atom. The van der Waals surface area contributed by atoms with Crippen LogP contribution in [-0.2, 0) is 0 Å². The molecule has 2 nitrogen and oxygen atoms in total. The fourth-order valence-electron chi connectivity index (χ4n) is 2.78. The van der Waals surface area contributed by atoms with Crippen LogP contribution in [0.15, 0.2) is 5.38 Å². The van der Waals surface area contributed by atoms with Crippen LogP contribution >= 0.6 is 22.9 Å². The van der Waals surface area contributed by atoms with Gasteiger partial charge in [0, 0.05) is 11.3 Å². The molecule has 100 valence electrons. The van der Waals surface area contributed by atoms with Crippen molar-refractivity contribution in [1.29, 1.82) is 0 Å². The summed E-state index contributed by atoms with van der Waals surface area (Å²) < 4.78 is 0. The molecule has 0 amide bonds. The lowest BCUT2D eigenvalue weighted by Gasteiger charge is -2.26. The molecule has 18 heavy (non-hydrogen) atoms. The van der Waals surface area contributed by atoms with Gasteiger partial charge in [-0.05, 0) is 31.6 Å². The second-order valence-corrected chi connectivity index (χ2v) is 6.29. The van der Waals surface area contributed by atoms with Crippen molar-refractivity contribution in [3.8, 4) is 0 Å². The number of halogens is 1. The highest BCUT2D eigenvalue weighted by atomic mass is 35.5. The fraction of sp³-hybridized carbons (Fsp3) is 0.714. The van der Waals surface area contributed by atoms with Gasteiger partial charge >= 0.3 is 0 Å². The van der Waals surface area contributed by atoms with Gasteiger partial charge in [0.15, 0.2) is 5.78 Å². The van der Waals surface area contributed by atoms with E-state index in [2.05, 4.69) is 11.9 Å². The van der Waals surface area contributed by atoms with Gasteiger partial charge in [-0.3, -0.25) is 4.79 Å². The molecule has 0 aromatic carbocycles. The highest BCUT2D eigenvalue weighted by Crippen LogP contribution is 2.38. The molecular formula is C14H20ClNOS. The van der Waals surface area contributed by atoms with E-state index in [4.69, 9.17) is 11.6 Å². The van der Waals surface area contributed by atoms with Gasteiger partial charge in [-0.1, -0.05) is 19.8 Å². The molecule has 1 aromatic heterocycles. The summed E-state index contributed by atoms with van der Waals surface area (Å²) in [5.41, 5.74) is 0.556. The van der Waals surface area contributed by atoms with Crippen molar-refractivity contribution in [2.45, 2.75) is 51.4 Å². The number of thiazole rings is 1. The summed E-state index contributed by atoms with van der Waals surface area (Å²) >= 11 is 7.17. The predicted octanol–water partition coefficient (Wildman–Crippen LogP) is 4.64. The zero-order valence-electron chi connectivity index (χ0n) is 10.8. The molecule has 4 heteroatoms. The van der Waals surface area contributed by atoms with Crippen LogP contribution in [0.4, 0.5) is 0 Å². The number of Topliss-reactive ketones (excluding diaryl/α,β-unsaturated/α-hetero) is 1. The molecule has 0 atom stereocenters. The first-order chi connectivity index (χ1) is 8.74. The molecule has 1 saturated carbocycles. The standard InChI is InChI=1S/C14H20ClNOS/c1-2-3-10-4-6-11(7-5-10)14-16-12(9-18-14)13(17)8-15/h9-11H,2-8H2,1H3. The maximum absolute atomic E-state index is 11.5. The third kappa shape index (κ3) is 3.33. The lowest BCUT2D eigenvalue weighted by molar-refractivity contribution is 0.101. The number of alkyl halides is 1. The number of hydrogen-bond donors (Lipinski definition) is 0. The minimum absolute atomic E-state index is 0.0341. The van der Waals surface area contributed by atoms with Crippen LogP contribution in [-0.4, -0.2) is 16.6 Å². The molecule has 1 aromatic rings. The molecular weight excluding hydrogens is 266 g/mol. The minimum Gasteiger partial charge on any atom is -0.291 e. The predicted molar refractivity (Wildman–Crippen MR) is 76.8 cm³/mol. The van der Waals surface area contributed by atoms with E-state index in [-0.39, 0.29) is 11.7 Å². The molecule has 1 fully saturated rings. The van der Waals surface area contributed by atoms with E-state index in [9.17, 15) is 4.79 Å². The van der Waals surface area contributed by atoms with Crippen molar-refractivity contribution in [2.24, 2.45) is 5.92 Å². The zero-order valence-corrected chi connectivity index (χ0v) is 12.4. The molecule has 1 aliphatic carbocycles. The molecule has 2 rings (SSSR count). The van der Waals surface area contributed by atoms with Gasteiger partial charge in [-0.15, -0.1) is 22.9 Å². The summed E-state index contributed by atoms with van der Waals surface area (Å²) in [6.45, 7) is 2.26. The third-order valence-electron chi connectivity index (χ3n) is 3.82. The van der Waals surface area contributed by atoms with E-state index in [0.717, 1.165) is 10.9 Å². The monoisotopic (exact) mass is 285 g/mol. The van der Waals surface area contributed by atoms with Gasteiger partial charge < -0.3 is 0 Å². The van der Waals surface area contributed by atoms with Crippen LogP contribution < -0.4 is 0 Å². The number of nitrogens with zero attached hydrogens (tertiary/aromatic N) is 1. The molecule has 1 aliphatic rings. The highest BCUT2D eigenvalue weighted by molar-refractivity contribution is 7.10. The van der Waals surface area contributed by atoms with Crippen LogP contribution in [0.2, 0.25) is 0 Å². The van der Waals surface area contributed by atoms with Crippen molar-refractivity contribution in [3.05, 3.63) is 16.1 Å². The summed E-state index contributed by atoms with van der Waals surface area (Å²) in [6.07, 6.45) is 7.74. The average Bonchev–Trinajstić information content (AvgIpc) is 2.89. The summed E-state index contributed by atoms with van der Waals surface area (Å²) in [5.74, 6) is 1.46. The van der Waals surface area contributed by atoms with Gasteiger partial charge in [0.05, 0.1) is 10.9 Å². The quantitative estimate of drug-likeness (QED) is 0.583. The number of carbonyl (C=O) groups is 1. The van der Waals surface area contributed by atoms with E-state index in [1.807, 2.05) is 5.38 Å². The smallest absolute Gasteiger partial charge is 0.196 e. The van der Waals surface area contributed by atoms with E-state index >= 15 is 0 Å². The number of ketones is 1. The Hall–Kier alpha value is -0.410. The van der Waals surface area contributed by atoms with E-state index in [0.29, 0.717) is 11.6 Å². The van der Waals surface area contributed by atoms with Gasteiger partial charge in [0.25, 0.3) is 0 Å². The van der Waals surface area contributed by atoms with Gasteiger partial charge in [-0.2, -0.15) is 0 Å². The lowest BCUT2D eigenvalue weighted by Crippen LogP contribution is -2.13. The van der Waals surface area contributed by atoms with Crippen LogP contribution in [0.5, 0.6) is 0 Å². The topological polar surface area (TPSA) is 30.0 Å². The first-order valence-electron chi connectivity index (χ1n) is 6.79. The molecule has 0 bridgehead atoms. The van der Waals surface area contributed by atoms with Crippen molar-refractivity contribution in [1.82, 2.24) is 4.98 Å². The van der Waals surface area contributed by atoms with E-state index in [1.165, 1.54) is 38.5 Å². The van der Waals surface area contributed by atoms with E-state index < -0.39 is 0 Å². The summed E-state index contributed by atoms with van der Waals surface area (Å²) in [6, 6.07) is 0. The lowest BCUT2D eigenvalue weighted by atomic mass is 9.80. The molecule has 0 N–H and O–H groups in total. The highest BCUT2D eigenvalue weighted by Gasteiger charge is 2.24. The van der Waals surface area contributed by atoms with Crippen LogP contribution in [0, 0.1) is 5.92 Å². The van der Waals surface area contributed by atoms with Crippen molar-refractivity contribution in [3.63, 3.8) is 0 Å². The maximum Gasteiger partial charge on any atom is 0.196 e. The zero-order chi connectivity index (χ0) is 13.0. The maximum atomic E-state index is 11.5. The number of rotatable bonds is 5. The summed E-state index contributed by atoms with van der Waals surface area (Å²) in [5, 5.41) is 3.00. The van der Waals surface area contributed by atoms with Crippen LogP contribution in [0.1, 0.15) is 66.9 Å². The van der Waals surface area contributed by atoms with Crippen molar-refractivity contribution < 1.29 is 4.79 Å². The third-order valence-corrected chi connectivity index (χ3v) is 5.07. The van der Waals surface area contributed by atoms with E-state index in [1.54, 1.807) is 11.3 Å². The number of aromatic nitrogens is 1. The van der Waals surface area contributed by atoms with Gasteiger partial charge in [0.2, 0.25) is 0 Å². The Labute approximate surface area is 118 Å². The first-order valence-corrected chi connectivity index (χ1v) is 8.20. The Bertz CT molecular complexity index is 396. The van der Waals surface area contributed by atoms with Crippen LogP contribution in [0.25, 0.3) is 0 Å². The summed E-state index contributed by atoms with van der Waals surface area (Å²) in [7, 11) is 0. The number of carbonyl (C=O) groups excluding carboxylic acids is 1. The Morgan fingerprint density at radius 3 is 2.78 bits per heavy atom. The second-order valence-electron chi connectivity index (χ2n) is 5.13. The molecule has 0 aliphatic heterocycles. The normalized spacial score (nSPS) is 24.1. The fourth-order valence-corrected chi connectivity index (χ4v) is 3.91. The van der Waals surface area contributed by atoms with Gasteiger partial charge in [0.1, 0.15) is 5.69 Å². The van der Waals surface area contributed by atoms with Crippen molar-refractivity contribution >= 4 is 28.7 Å². The van der Waals surface area contributed by atoms with Crippen LogP contribution in [0.3, 0.4) is 0 Å². The first kappa shape index (κ1) is 14.0. The molecule has 0 unspecified atom stereocenters. The Balaban J connectivity index is 1.93. The molecule has 0 spiro atoms. The average molecular weight is 286 g/mol. The Kier molecular flexibility index (Phi) is 5.19. The number of hydrogen-bond acceptors (Lipinski definition) is 3. The molecule has 0 saturated heterocycles.